The first kappa shape index (κ1) is 20.1. The molecule has 0 aliphatic heterocycles. The second kappa shape index (κ2) is 8.55. The van der Waals surface area contributed by atoms with Crippen LogP contribution in [0.2, 0.25) is 0 Å². The van der Waals surface area contributed by atoms with Crippen molar-refractivity contribution in [3.05, 3.63) is 70.5 Å². The van der Waals surface area contributed by atoms with E-state index >= 15 is 0 Å². The second-order valence-electron chi connectivity index (χ2n) is 6.43. The van der Waals surface area contributed by atoms with Crippen LogP contribution in [0.25, 0.3) is 0 Å². The van der Waals surface area contributed by atoms with Crippen molar-refractivity contribution in [2.24, 2.45) is 0 Å². The van der Waals surface area contributed by atoms with Crippen molar-refractivity contribution in [2.45, 2.75) is 20.4 Å². The summed E-state index contributed by atoms with van der Waals surface area (Å²) in [5.41, 5.74) is 8.33. The molecule has 0 unspecified atom stereocenters. The molecule has 0 bridgehead atoms. The van der Waals surface area contributed by atoms with Gasteiger partial charge in [0.25, 0.3) is 0 Å². The van der Waals surface area contributed by atoms with Crippen LogP contribution in [0, 0.1) is 6.92 Å². The van der Waals surface area contributed by atoms with E-state index in [2.05, 4.69) is 10.3 Å². The molecule has 150 valence electrons. The number of hydrogen-bond donors (Lipinski definition) is 1. The number of methoxy groups -OCH3 is 1. The maximum Gasteiger partial charge on any atom is 0.361 e. The van der Waals surface area contributed by atoms with Crippen molar-refractivity contribution < 1.29 is 19.1 Å². The van der Waals surface area contributed by atoms with Gasteiger partial charge in [0.2, 0.25) is 11.5 Å². The highest BCUT2D eigenvalue weighted by molar-refractivity contribution is 6.15. The van der Waals surface area contributed by atoms with E-state index in [1.54, 1.807) is 44.4 Å². The van der Waals surface area contributed by atoms with Crippen molar-refractivity contribution in [1.82, 2.24) is 15.0 Å². The van der Waals surface area contributed by atoms with E-state index in [1.165, 1.54) is 4.68 Å². The minimum atomic E-state index is -0.706. The van der Waals surface area contributed by atoms with Gasteiger partial charge in [-0.05, 0) is 49.2 Å². The first-order valence-corrected chi connectivity index (χ1v) is 9.09. The van der Waals surface area contributed by atoms with Gasteiger partial charge >= 0.3 is 5.97 Å². The zero-order valence-corrected chi connectivity index (χ0v) is 16.5. The summed E-state index contributed by atoms with van der Waals surface area (Å²) in [5.74, 6) is -0.435. The Balaban J connectivity index is 2.04. The van der Waals surface area contributed by atoms with Gasteiger partial charge in [0, 0.05) is 11.3 Å². The second-order valence-corrected chi connectivity index (χ2v) is 6.43. The fourth-order valence-corrected chi connectivity index (χ4v) is 2.91. The fraction of sp³-hybridized carbons (Fsp3) is 0.238. The van der Waals surface area contributed by atoms with Gasteiger partial charge in [-0.1, -0.05) is 23.4 Å². The molecule has 1 heterocycles. The summed E-state index contributed by atoms with van der Waals surface area (Å²) in [6, 6.07) is 12.4. The number of rotatable bonds is 7. The van der Waals surface area contributed by atoms with E-state index in [0.717, 1.165) is 11.1 Å². The van der Waals surface area contributed by atoms with Gasteiger partial charge in [0.05, 0.1) is 20.3 Å². The molecule has 8 heteroatoms. The summed E-state index contributed by atoms with van der Waals surface area (Å²) in [7, 11) is 1.58. The number of anilines is 1. The van der Waals surface area contributed by atoms with Gasteiger partial charge in [-0.3, -0.25) is 4.79 Å². The van der Waals surface area contributed by atoms with E-state index < -0.39 is 11.8 Å². The van der Waals surface area contributed by atoms with Gasteiger partial charge in [-0.15, -0.1) is 5.10 Å². The Kier molecular flexibility index (Phi) is 5.92. The standard InChI is InChI=1S/C21H22N4O4/c1-4-29-21(27)18-19(20(26)16-10-5-13(2)11-17(16)22)25(24-23-18)12-14-6-8-15(28-3)9-7-14/h5-11H,4,12,22H2,1-3H3. The number of aromatic nitrogens is 3. The van der Waals surface area contributed by atoms with Crippen molar-refractivity contribution in [3.8, 4) is 5.75 Å². The monoisotopic (exact) mass is 394 g/mol. The van der Waals surface area contributed by atoms with Crippen LogP contribution in [0.1, 0.15) is 44.6 Å². The van der Waals surface area contributed by atoms with Crippen LogP contribution in [0.15, 0.2) is 42.5 Å². The molecule has 0 saturated carbocycles. The lowest BCUT2D eigenvalue weighted by molar-refractivity contribution is 0.0516. The van der Waals surface area contributed by atoms with Gasteiger partial charge < -0.3 is 15.2 Å². The van der Waals surface area contributed by atoms with Crippen molar-refractivity contribution >= 4 is 17.4 Å². The molecular weight excluding hydrogens is 372 g/mol. The molecule has 29 heavy (non-hydrogen) atoms. The Morgan fingerprint density at radius 1 is 1.14 bits per heavy atom. The Labute approximate surface area is 168 Å². The lowest BCUT2D eigenvalue weighted by atomic mass is 10.0. The average molecular weight is 394 g/mol. The number of nitrogens with zero attached hydrogens (tertiary/aromatic N) is 3. The van der Waals surface area contributed by atoms with E-state index in [0.29, 0.717) is 11.4 Å². The molecule has 1 aromatic heterocycles. The summed E-state index contributed by atoms with van der Waals surface area (Å²) in [6.45, 7) is 3.96. The first-order chi connectivity index (χ1) is 13.9. The highest BCUT2D eigenvalue weighted by Crippen LogP contribution is 2.21. The number of esters is 1. The zero-order valence-electron chi connectivity index (χ0n) is 16.5. The van der Waals surface area contributed by atoms with Crippen molar-refractivity contribution in [2.75, 3.05) is 19.5 Å². The molecular formula is C21H22N4O4. The third-order valence-electron chi connectivity index (χ3n) is 4.36. The van der Waals surface area contributed by atoms with Crippen molar-refractivity contribution in [1.29, 1.82) is 0 Å². The number of aryl methyl sites for hydroxylation is 1. The molecule has 3 aromatic rings. The Morgan fingerprint density at radius 2 is 1.86 bits per heavy atom. The molecule has 0 saturated heterocycles. The number of carbonyl (C=O) groups excluding carboxylic acids is 2. The lowest BCUT2D eigenvalue weighted by Crippen LogP contribution is -2.18. The highest BCUT2D eigenvalue weighted by atomic mass is 16.5. The summed E-state index contributed by atoms with van der Waals surface area (Å²) < 4.78 is 11.6. The Hall–Kier alpha value is -3.68. The van der Waals surface area contributed by atoms with Gasteiger partial charge in [-0.25, -0.2) is 9.48 Å². The van der Waals surface area contributed by atoms with E-state index in [1.807, 2.05) is 19.1 Å². The number of benzene rings is 2. The van der Waals surface area contributed by atoms with Crippen LogP contribution in [0.4, 0.5) is 5.69 Å². The lowest BCUT2D eigenvalue weighted by Gasteiger charge is -2.10. The van der Waals surface area contributed by atoms with Gasteiger partial charge in [0.1, 0.15) is 11.4 Å². The van der Waals surface area contributed by atoms with E-state index in [9.17, 15) is 9.59 Å². The van der Waals surface area contributed by atoms with Crippen LogP contribution in [0.5, 0.6) is 5.75 Å². The SMILES string of the molecule is CCOC(=O)c1nnn(Cc2ccc(OC)cc2)c1C(=O)c1ccc(C)cc1N. The summed E-state index contributed by atoms with van der Waals surface area (Å²) in [6.07, 6.45) is 0. The Bertz CT molecular complexity index is 1040. The van der Waals surface area contributed by atoms with Crippen LogP contribution in [-0.2, 0) is 11.3 Å². The number of ketones is 1. The zero-order chi connectivity index (χ0) is 21.0. The predicted octanol–water partition coefficient (Wildman–Crippen LogP) is 2.63. The normalized spacial score (nSPS) is 10.6. The molecule has 3 rings (SSSR count). The van der Waals surface area contributed by atoms with Crippen LogP contribution >= 0.6 is 0 Å². The smallest absolute Gasteiger partial charge is 0.361 e. The van der Waals surface area contributed by atoms with Gasteiger partial charge in [0.15, 0.2) is 0 Å². The molecule has 0 radical (unpaired) electrons. The summed E-state index contributed by atoms with van der Waals surface area (Å²) in [4.78, 5) is 25.6. The van der Waals surface area contributed by atoms with Crippen LogP contribution in [0.3, 0.4) is 0 Å². The molecule has 2 N–H and O–H groups in total. The molecule has 0 aliphatic carbocycles. The number of nitrogens with two attached hydrogens (primary N) is 1. The van der Waals surface area contributed by atoms with Crippen LogP contribution < -0.4 is 10.5 Å². The molecule has 0 atom stereocenters. The topological polar surface area (TPSA) is 109 Å². The fourth-order valence-electron chi connectivity index (χ4n) is 2.91. The molecule has 2 aromatic carbocycles. The first-order valence-electron chi connectivity index (χ1n) is 9.09. The van der Waals surface area contributed by atoms with E-state index in [-0.39, 0.29) is 30.1 Å². The number of nitrogen functional groups attached to an aromatic ring is 1. The molecule has 0 fully saturated rings. The molecule has 0 spiro atoms. The molecule has 8 nitrogen and oxygen atoms in total. The summed E-state index contributed by atoms with van der Waals surface area (Å²) in [5, 5.41) is 7.93. The Morgan fingerprint density at radius 3 is 2.48 bits per heavy atom. The third kappa shape index (κ3) is 4.26. The van der Waals surface area contributed by atoms with Gasteiger partial charge in [-0.2, -0.15) is 0 Å². The molecule has 0 amide bonds. The third-order valence-corrected chi connectivity index (χ3v) is 4.36. The largest absolute Gasteiger partial charge is 0.497 e. The van der Waals surface area contributed by atoms with Crippen LogP contribution in [-0.4, -0.2) is 40.5 Å². The van der Waals surface area contributed by atoms with Crippen molar-refractivity contribution in [3.63, 3.8) is 0 Å². The quantitative estimate of drug-likeness (QED) is 0.373. The minimum absolute atomic E-state index is 0.0369. The highest BCUT2D eigenvalue weighted by Gasteiger charge is 2.28. The maximum atomic E-state index is 13.3. The average Bonchev–Trinajstić information content (AvgIpc) is 3.12. The molecule has 0 aliphatic rings. The number of hydrogen-bond acceptors (Lipinski definition) is 7. The maximum absolute atomic E-state index is 13.3. The number of carbonyl (C=O) groups is 2. The number of ether oxygens (including phenoxy) is 2. The summed E-state index contributed by atoms with van der Waals surface area (Å²) >= 11 is 0. The van der Waals surface area contributed by atoms with E-state index in [4.69, 9.17) is 15.2 Å². The minimum Gasteiger partial charge on any atom is -0.497 e. The predicted molar refractivity (Wildman–Crippen MR) is 107 cm³/mol.